The van der Waals surface area contributed by atoms with Crippen molar-refractivity contribution in [3.05, 3.63) is 29.3 Å². The molecule has 1 atom stereocenters. The molecule has 5 nitrogen and oxygen atoms in total. The minimum absolute atomic E-state index is 0. The highest BCUT2D eigenvalue weighted by molar-refractivity contribution is 14.0. The Morgan fingerprint density at radius 1 is 1.23 bits per heavy atom. The van der Waals surface area contributed by atoms with Crippen LogP contribution in [0, 0.1) is 0 Å². The minimum Gasteiger partial charge on any atom is -0.367 e. The Labute approximate surface area is 182 Å². The van der Waals surface area contributed by atoms with Gasteiger partial charge in [0.1, 0.15) is 0 Å². The molecular weight excluding hydrogens is 483 g/mol. The molecule has 0 bridgehead atoms. The van der Waals surface area contributed by atoms with Gasteiger partial charge >= 0.3 is 0 Å². The Balaban J connectivity index is 0.00000338. The molecule has 1 heterocycles. The fourth-order valence-electron chi connectivity index (χ4n) is 2.76. The van der Waals surface area contributed by atoms with E-state index in [-0.39, 0.29) is 28.7 Å². The average molecular weight is 513 g/mol. The first-order chi connectivity index (χ1) is 11.8. The van der Waals surface area contributed by atoms with Crippen molar-refractivity contribution in [2.24, 2.45) is 4.99 Å². The highest BCUT2D eigenvalue weighted by Crippen LogP contribution is 2.26. The summed E-state index contributed by atoms with van der Waals surface area (Å²) in [6, 6.07) is 7.96. The molecule has 1 saturated heterocycles. The molecule has 1 fully saturated rings. The molecule has 1 aromatic rings. The second kappa shape index (κ2) is 10.7. The molecule has 26 heavy (non-hydrogen) atoms. The fourth-order valence-corrected chi connectivity index (χ4v) is 3.92. The lowest BCUT2D eigenvalue weighted by Crippen LogP contribution is -2.53. The maximum Gasteiger partial charge on any atom is 0.193 e. The van der Waals surface area contributed by atoms with Gasteiger partial charge in [-0.2, -0.15) is 0 Å². The molecule has 0 saturated carbocycles. The van der Waals surface area contributed by atoms with Gasteiger partial charge in [0, 0.05) is 61.1 Å². The summed E-state index contributed by atoms with van der Waals surface area (Å²) in [5.41, 5.74) is 1.09. The van der Waals surface area contributed by atoms with Crippen LogP contribution in [0.5, 0.6) is 0 Å². The van der Waals surface area contributed by atoms with Crippen molar-refractivity contribution in [3.63, 3.8) is 0 Å². The molecule has 1 N–H and O–H groups in total. The molecule has 0 aliphatic carbocycles. The SMILES string of the molecule is CN=C(NCCS(=O)C(C)(C)C)N1CCN(c2ccccc2Cl)CC1.I. The zero-order valence-corrected chi connectivity index (χ0v) is 19.9. The maximum atomic E-state index is 12.1. The van der Waals surface area contributed by atoms with Crippen LogP contribution >= 0.6 is 35.6 Å². The van der Waals surface area contributed by atoms with Crippen LogP contribution in [0.25, 0.3) is 0 Å². The Morgan fingerprint density at radius 2 is 1.85 bits per heavy atom. The third-order valence-electron chi connectivity index (χ3n) is 4.24. The Bertz CT molecular complexity index is 628. The van der Waals surface area contributed by atoms with Crippen molar-refractivity contribution in [1.29, 1.82) is 0 Å². The number of hydrogen-bond acceptors (Lipinski definition) is 3. The molecule has 1 aliphatic heterocycles. The van der Waals surface area contributed by atoms with E-state index < -0.39 is 10.8 Å². The number of nitrogens with one attached hydrogen (secondary N) is 1. The van der Waals surface area contributed by atoms with Crippen LogP contribution in [0.15, 0.2) is 29.3 Å². The van der Waals surface area contributed by atoms with E-state index in [1.807, 2.05) is 39.0 Å². The number of guanidine groups is 1. The van der Waals surface area contributed by atoms with E-state index in [0.29, 0.717) is 12.3 Å². The number of benzene rings is 1. The highest BCUT2D eigenvalue weighted by atomic mass is 127. The molecule has 0 spiro atoms. The smallest absolute Gasteiger partial charge is 0.193 e. The van der Waals surface area contributed by atoms with Gasteiger partial charge in [-0.3, -0.25) is 9.20 Å². The van der Waals surface area contributed by atoms with Gasteiger partial charge in [0.2, 0.25) is 0 Å². The summed E-state index contributed by atoms with van der Waals surface area (Å²) in [4.78, 5) is 8.92. The van der Waals surface area contributed by atoms with Gasteiger partial charge in [0.15, 0.2) is 5.96 Å². The van der Waals surface area contributed by atoms with E-state index in [1.165, 1.54) is 0 Å². The van der Waals surface area contributed by atoms with Crippen LogP contribution in [0.2, 0.25) is 5.02 Å². The monoisotopic (exact) mass is 512 g/mol. The van der Waals surface area contributed by atoms with Gasteiger partial charge in [-0.1, -0.05) is 23.7 Å². The molecule has 1 unspecified atom stereocenters. The molecule has 1 aliphatic rings. The van der Waals surface area contributed by atoms with Gasteiger partial charge in [-0.25, -0.2) is 0 Å². The molecule has 148 valence electrons. The van der Waals surface area contributed by atoms with Crippen LogP contribution in [0.4, 0.5) is 5.69 Å². The first-order valence-electron chi connectivity index (χ1n) is 8.66. The average Bonchev–Trinajstić information content (AvgIpc) is 2.58. The minimum atomic E-state index is -0.853. The van der Waals surface area contributed by atoms with Crippen molar-refractivity contribution in [1.82, 2.24) is 10.2 Å². The second-order valence-electron chi connectivity index (χ2n) is 7.06. The van der Waals surface area contributed by atoms with Gasteiger partial charge in [-0.05, 0) is 32.9 Å². The molecule has 2 rings (SSSR count). The third-order valence-corrected chi connectivity index (χ3v) is 6.50. The lowest BCUT2D eigenvalue weighted by atomic mass is 10.2. The zero-order chi connectivity index (χ0) is 18.4. The highest BCUT2D eigenvalue weighted by Gasteiger charge is 2.22. The van der Waals surface area contributed by atoms with Crippen molar-refractivity contribution >= 4 is 58.0 Å². The number of piperazine rings is 1. The number of rotatable bonds is 4. The van der Waals surface area contributed by atoms with Crippen molar-refractivity contribution in [2.45, 2.75) is 25.5 Å². The Kier molecular flexibility index (Phi) is 9.68. The largest absolute Gasteiger partial charge is 0.367 e. The molecular formula is C18H30ClIN4OS. The van der Waals surface area contributed by atoms with Crippen LogP contribution < -0.4 is 10.2 Å². The third kappa shape index (κ3) is 6.56. The van der Waals surface area contributed by atoms with E-state index in [2.05, 4.69) is 26.2 Å². The van der Waals surface area contributed by atoms with Crippen molar-refractivity contribution in [3.8, 4) is 0 Å². The topological polar surface area (TPSA) is 47.9 Å². The predicted molar refractivity (Wildman–Crippen MR) is 125 cm³/mol. The number of halogens is 2. The normalized spacial score (nSPS) is 16.9. The standard InChI is InChI=1S/C18H29ClN4OS.HI/c1-18(2,3)25(24)14-9-21-17(20-4)23-12-10-22(11-13-23)16-8-6-5-7-15(16)19;/h5-8H,9-14H2,1-4H3,(H,20,21);1H. The lowest BCUT2D eigenvalue weighted by Gasteiger charge is -2.38. The summed E-state index contributed by atoms with van der Waals surface area (Å²) in [5, 5.41) is 4.14. The predicted octanol–water partition coefficient (Wildman–Crippen LogP) is 3.20. The molecule has 1 aromatic carbocycles. The van der Waals surface area contributed by atoms with E-state index >= 15 is 0 Å². The van der Waals surface area contributed by atoms with Gasteiger partial charge in [-0.15, -0.1) is 24.0 Å². The lowest BCUT2D eigenvalue weighted by molar-refractivity contribution is 0.373. The summed E-state index contributed by atoms with van der Waals surface area (Å²) in [7, 11) is 0.942. The quantitative estimate of drug-likeness (QED) is 0.382. The van der Waals surface area contributed by atoms with Crippen LogP contribution in [0.1, 0.15) is 20.8 Å². The first-order valence-corrected chi connectivity index (χ1v) is 10.4. The fraction of sp³-hybridized carbons (Fsp3) is 0.611. The van der Waals surface area contributed by atoms with E-state index in [9.17, 15) is 4.21 Å². The number of anilines is 1. The summed E-state index contributed by atoms with van der Waals surface area (Å²) < 4.78 is 12.0. The van der Waals surface area contributed by atoms with E-state index in [1.54, 1.807) is 7.05 Å². The Hall–Kier alpha value is -0.540. The molecule has 0 amide bonds. The number of para-hydroxylation sites is 1. The summed E-state index contributed by atoms with van der Waals surface area (Å²) in [6.07, 6.45) is 0. The van der Waals surface area contributed by atoms with Crippen LogP contribution in [0.3, 0.4) is 0 Å². The summed E-state index contributed by atoms with van der Waals surface area (Å²) in [5.74, 6) is 1.51. The number of hydrogen-bond donors (Lipinski definition) is 1. The number of nitrogens with zero attached hydrogens (tertiary/aromatic N) is 3. The Morgan fingerprint density at radius 3 is 2.38 bits per heavy atom. The van der Waals surface area contributed by atoms with Gasteiger partial charge in [0.25, 0.3) is 0 Å². The molecule has 0 aromatic heterocycles. The van der Waals surface area contributed by atoms with Gasteiger partial charge < -0.3 is 15.1 Å². The van der Waals surface area contributed by atoms with E-state index in [0.717, 1.165) is 42.8 Å². The van der Waals surface area contributed by atoms with Gasteiger partial charge in [0.05, 0.1) is 10.7 Å². The first kappa shape index (κ1) is 23.5. The van der Waals surface area contributed by atoms with Crippen molar-refractivity contribution < 1.29 is 4.21 Å². The van der Waals surface area contributed by atoms with Crippen LogP contribution in [-0.2, 0) is 10.8 Å². The summed E-state index contributed by atoms with van der Waals surface area (Å²) >= 11 is 6.30. The van der Waals surface area contributed by atoms with E-state index in [4.69, 9.17) is 11.6 Å². The maximum absolute atomic E-state index is 12.1. The number of aliphatic imine (C=N–C) groups is 1. The zero-order valence-electron chi connectivity index (χ0n) is 16.0. The van der Waals surface area contributed by atoms with Crippen LogP contribution in [-0.4, -0.2) is 65.3 Å². The molecule has 0 radical (unpaired) electrons. The molecule has 8 heteroatoms. The summed E-state index contributed by atoms with van der Waals surface area (Å²) in [6.45, 7) is 10.3. The second-order valence-corrected chi connectivity index (χ2v) is 9.79. The van der Waals surface area contributed by atoms with Crippen molar-refractivity contribution in [2.75, 3.05) is 50.4 Å².